The van der Waals surface area contributed by atoms with Crippen LogP contribution in [-0.4, -0.2) is 62.4 Å². The van der Waals surface area contributed by atoms with Gasteiger partial charge in [-0.15, -0.1) is 0 Å². The van der Waals surface area contributed by atoms with Crippen LogP contribution in [0.25, 0.3) is 0 Å². The van der Waals surface area contributed by atoms with Crippen LogP contribution in [-0.2, 0) is 14.3 Å². The van der Waals surface area contributed by atoms with Crippen molar-refractivity contribution in [2.24, 2.45) is 11.8 Å². The second-order valence-electron chi connectivity index (χ2n) is 7.99. The summed E-state index contributed by atoms with van der Waals surface area (Å²) in [5, 5.41) is 3.11. The molecule has 3 fully saturated rings. The Morgan fingerprint density at radius 2 is 1.92 bits per heavy atom. The van der Waals surface area contributed by atoms with Crippen LogP contribution in [0, 0.1) is 11.8 Å². The Kier molecular flexibility index (Phi) is 7.56. The van der Waals surface area contributed by atoms with Crippen molar-refractivity contribution in [1.82, 2.24) is 10.2 Å². The smallest absolute Gasteiger partial charge is 0.223 e. The van der Waals surface area contributed by atoms with Gasteiger partial charge in [-0.05, 0) is 64.5 Å². The van der Waals surface area contributed by atoms with E-state index in [0.717, 1.165) is 58.5 Å². The van der Waals surface area contributed by atoms with E-state index in [0.29, 0.717) is 18.6 Å². The molecule has 1 aliphatic carbocycles. The Balaban J connectivity index is 1.36. The highest BCUT2D eigenvalue weighted by Crippen LogP contribution is 2.29. The minimum atomic E-state index is 0.187. The number of nitrogens with zero attached hydrogens (tertiary/aromatic N) is 1. The van der Waals surface area contributed by atoms with Gasteiger partial charge in [0.05, 0.1) is 12.2 Å². The fraction of sp³-hybridized carbons (Fsp3) is 0.950. The third-order valence-electron chi connectivity index (χ3n) is 6.20. The zero-order valence-electron chi connectivity index (χ0n) is 15.9. The Morgan fingerprint density at radius 1 is 1.12 bits per heavy atom. The fourth-order valence-electron chi connectivity index (χ4n) is 4.69. The van der Waals surface area contributed by atoms with E-state index in [9.17, 15) is 4.79 Å². The van der Waals surface area contributed by atoms with E-state index in [1.165, 1.54) is 25.7 Å². The van der Waals surface area contributed by atoms with Crippen molar-refractivity contribution < 1.29 is 14.3 Å². The van der Waals surface area contributed by atoms with Crippen LogP contribution in [0.15, 0.2) is 0 Å². The molecular weight excluding hydrogens is 316 g/mol. The Bertz CT molecular complexity index is 402. The molecule has 1 amide bonds. The Hall–Kier alpha value is -0.650. The second kappa shape index (κ2) is 9.89. The van der Waals surface area contributed by atoms with E-state index in [2.05, 4.69) is 17.1 Å². The van der Waals surface area contributed by atoms with Gasteiger partial charge in [0.25, 0.3) is 0 Å². The van der Waals surface area contributed by atoms with Crippen LogP contribution in [0.4, 0.5) is 0 Å². The molecule has 0 bridgehead atoms. The van der Waals surface area contributed by atoms with Crippen LogP contribution >= 0.6 is 0 Å². The molecule has 0 spiro atoms. The molecule has 3 aliphatic rings. The van der Waals surface area contributed by atoms with Crippen molar-refractivity contribution >= 4 is 5.91 Å². The van der Waals surface area contributed by atoms with E-state index in [-0.39, 0.29) is 17.9 Å². The third kappa shape index (κ3) is 5.66. The maximum atomic E-state index is 12.4. The first kappa shape index (κ1) is 19.1. The van der Waals surface area contributed by atoms with Gasteiger partial charge in [0.1, 0.15) is 0 Å². The monoisotopic (exact) mass is 352 g/mol. The fourth-order valence-corrected chi connectivity index (χ4v) is 4.69. The molecule has 2 aliphatic heterocycles. The normalized spacial score (nSPS) is 32.0. The lowest BCUT2D eigenvalue weighted by Crippen LogP contribution is -2.45. The number of amides is 1. The van der Waals surface area contributed by atoms with Gasteiger partial charge in [0.2, 0.25) is 5.91 Å². The van der Waals surface area contributed by atoms with E-state index in [4.69, 9.17) is 9.47 Å². The Labute approximate surface area is 152 Å². The first-order valence-electron chi connectivity index (χ1n) is 10.5. The predicted molar refractivity (Wildman–Crippen MR) is 98.5 cm³/mol. The van der Waals surface area contributed by atoms with Gasteiger partial charge in [-0.3, -0.25) is 4.79 Å². The average Bonchev–Trinajstić information content (AvgIpc) is 3.16. The van der Waals surface area contributed by atoms with Gasteiger partial charge >= 0.3 is 0 Å². The first-order valence-corrected chi connectivity index (χ1v) is 10.5. The quantitative estimate of drug-likeness (QED) is 0.765. The van der Waals surface area contributed by atoms with Gasteiger partial charge < -0.3 is 19.7 Å². The third-order valence-corrected chi connectivity index (χ3v) is 6.20. The molecule has 5 heteroatoms. The molecule has 1 N–H and O–H groups in total. The number of carbonyl (C=O) groups excluding carboxylic acids is 1. The lowest BCUT2D eigenvalue weighted by Gasteiger charge is -2.38. The second-order valence-corrected chi connectivity index (χ2v) is 7.99. The highest BCUT2D eigenvalue weighted by atomic mass is 16.5. The van der Waals surface area contributed by atoms with Crippen molar-refractivity contribution in [3.8, 4) is 0 Å². The summed E-state index contributed by atoms with van der Waals surface area (Å²) in [6.45, 7) is 7.72. The summed E-state index contributed by atoms with van der Waals surface area (Å²) >= 11 is 0. The number of likely N-dealkylation sites (tertiary alicyclic amines) is 1. The van der Waals surface area contributed by atoms with Crippen LogP contribution in [0.5, 0.6) is 0 Å². The van der Waals surface area contributed by atoms with Crippen molar-refractivity contribution in [3.05, 3.63) is 0 Å². The molecule has 0 aromatic carbocycles. The maximum absolute atomic E-state index is 12.4. The highest BCUT2D eigenvalue weighted by molar-refractivity contribution is 5.78. The maximum Gasteiger partial charge on any atom is 0.223 e. The van der Waals surface area contributed by atoms with Crippen molar-refractivity contribution in [3.63, 3.8) is 0 Å². The molecule has 144 valence electrons. The number of hydrogen-bond donors (Lipinski definition) is 1. The van der Waals surface area contributed by atoms with Gasteiger partial charge in [-0.1, -0.05) is 12.8 Å². The summed E-state index contributed by atoms with van der Waals surface area (Å²) in [4.78, 5) is 14.9. The van der Waals surface area contributed by atoms with Gasteiger partial charge in [-0.2, -0.15) is 0 Å². The lowest BCUT2D eigenvalue weighted by atomic mass is 9.85. The molecule has 0 aromatic heterocycles. The van der Waals surface area contributed by atoms with E-state index in [1.54, 1.807) is 0 Å². The van der Waals surface area contributed by atoms with Gasteiger partial charge in [0, 0.05) is 32.2 Å². The van der Waals surface area contributed by atoms with Crippen molar-refractivity contribution in [1.29, 1.82) is 0 Å². The number of ether oxygens (including phenoxy) is 2. The van der Waals surface area contributed by atoms with Crippen LogP contribution < -0.4 is 5.32 Å². The molecular formula is C20H36N2O3. The first-order chi connectivity index (χ1) is 12.3. The summed E-state index contributed by atoms with van der Waals surface area (Å²) in [5.74, 6) is 1.10. The molecule has 3 atom stereocenters. The largest absolute Gasteiger partial charge is 0.378 e. The summed E-state index contributed by atoms with van der Waals surface area (Å²) in [6.07, 6.45) is 10.1. The zero-order chi connectivity index (χ0) is 17.5. The number of hydrogen-bond acceptors (Lipinski definition) is 4. The molecule has 3 unspecified atom stereocenters. The molecule has 5 nitrogen and oxygen atoms in total. The highest BCUT2D eigenvalue weighted by Gasteiger charge is 2.30. The van der Waals surface area contributed by atoms with Crippen LogP contribution in [0.3, 0.4) is 0 Å². The molecule has 2 heterocycles. The molecule has 0 aromatic rings. The number of nitrogens with one attached hydrogen (secondary N) is 1. The van der Waals surface area contributed by atoms with E-state index < -0.39 is 0 Å². The number of rotatable bonds is 7. The topological polar surface area (TPSA) is 50.8 Å². The molecule has 25 heavy (non-hydrogen) atoms. The summed E-state index contributed by atoms with van der Waals surface area (Å²) < 4.78 is 11.6. The number of carbonyl (C=O) groups is 1. The Morgan fingerprint density at radius 3 is 2.64 bits per heavy atom. The molecule has 1 saturated carbocycles. The average molecular weight is 353 g/mol. The van der Waals surface area contributed by atoms with Crippen LogP contribution in [0.1, 0.15) is 58.3 Å². The minimum Gasteiger partial charge on any atom is -0.378 e. The summed E-state index contributed by atoms with van der Waals surface area (Å²) in [5.41, 5.74) is 0. The van der Waals surface area contributed by atoms with Crippen molar-refractivity contribution in [2.45, 2.75) is 70.5 Å². The molecule has 3 rings (SSSR count). The van der Waals surface area contributed by atoms with Gasteiger partial charge in [-0.25, -0.2) is 0 Å². The van der Waals surface area contributed by atoms with Crippen LogP contribution in [0.2, 0.25) is 0 Å². The molecule has 2 saturated heterocycles. The minimum absolute atomic E-state index is 0.187. The predicted octanol–water partition coefficient (Wildman–Crippen LogP) is 2.59. The van der Waals surface area contributed by atoms with E-state index in [1.807, 2.05) is 0 Å². The van der Waals surface area contributed by atoms with Crippen molar-refractivity contribution in [2.75, 3.05) is 39.4 Å². The zero-order valence-corrected chi connectivity index (χ0v) is 15.9. The molecule has 0 radical (unpaired) electrons. The standard InChI is InChI=1S/C20H36N2O3/c1-2-24-19-8-4-3-6-17(19)15-22-11-9-16(10-12-22)20(23)21-14-18-7-5-13-25-18/h16-19H,2-15H2,1H3,(H,21,23). The van der Waals surface area contributed by atoms with Gasteiger partial charge in [0.15, 0.2) is 0 Å². The SMILES string of the molecule is CCOC1CCCCC1CN1CCC(C(=O)NCC2CCCO2)CC1. The van der Waals surface area contributed by atoms with E-state index >= 15 is 0 Å². The lowest BCUT2D eigenvalue weighted by molar-refractivity contribution is -0.127. The number of piperidine rings is 1. The summed E-state index contributed by atoms with van der Waals surface area (Å²) in [7, 11) is 0. The summed E-state index contributed by atoms with van der Waals surface area (Å²) in [6, 6.07) is 0.